The van der Waals surface area contributed by atoms with E-state index in [0.29, 0.717) is 17.9 Å². The standard InChI is InChI=1S/C24H28ClNO.ClH/c1-15(2)24(27)11-12-26-14-20-17-6-4-8-21(25)18(17)10-9-16-5-3-7-19(23(16)20)22(26)13-24;/h3-8,15,20,22,27H,9-14H2,1-2H3;1H/t20-,22-,24-;/m1./s1. The number of nitrogens with zero attached hydrogens (tertiary/aromatic N) is 1. The van der Waals surface area contributed by atoms with E-state index in [1.165, 1.54) is 27.8 Å². The van der Waals surface area contributed by atoms with Crippen LogP contribution in [0.15, 0.2) is 36.4 Å². The largest absolute Gasteiger partial charge is 0.390 e. The van der Waals surface area contributed by atoms with Crippen molar-refractivity contribution in [3.8, 4) is 0 Å². The Morgan fingerprint density at radius 3 is 2.64 bits per heavy atom. The van der Waals surface area contributed by atoms with Gasteiger partial charge in [-0.15, -0.1) is 12.4 Å². The van der Waals surface area contributed by atoms with Gasteiger partial charge in [0, 0.05) is 30.1 Å². The van der Waals surface area contributed by atoms with E-state index in [1.807, 2.05) is 6.07 Å². The van der Waals surface area contributed by atoms with Gasteiger partial charge in [-0.25, -0.2) is 0 Å². The second kappa shape index (κ2) is 7.32. The van der Waals surface area contributed by atoms with Crippen LogP contribution >= 0.6 is 24.0 Å². The Kier molecular flexibility index (Phi) is 5.29. The molecule has 2 aromatic rings. The Bertz CT molecular complexity index is 896. The molecule has 3 atom stereocenters. The molecule has 3 aliphatic rings. The Hall–Kier alpha value is -1.06. The first-order valence-corrected chi connectivity index (χ1v) is 10.7. The van der Waals surface area contributed by atoms with Crippen LogP contribution in [0.3, 0.4) is 0 Å². The lowest BCUT2D eigenvalue weighted by molar-refractivity contribution is -0.0822. The van der Waals surface area contributed by atoms with Crippen molar-refractivity contribution >= 4 is 24.0 Å². The van der Waals surface area contributed by atoms with Crippen LogP contribution in [0.1, 0.15) is 66.5 Å². The third-order valence-corrected chi connectivity index (χ3v) is 7.78. The molecule has 0 unspecified atom stereocenters. The minimum Gasteiger partial charge on any atom is -0.390 e. The van der Waals surface area contributed by atoms with Crippen molar-refractivity contribution in [2.45, 2.75) is 57.1 Å². The van der Waals surface area contributed by atoms with Gasteiger partial charge in [0.2, 0.25) is 0 Å². The molecule has 2 aliphatic heterocycles. The van der Waals surface area contributed by atoms with Crippen LogP contribution in [0.4, 0.5) is 0 Å². The number of piperidine rings is 1. The van der Waals surface area contributed by atoms with E-state index in [1.54, 1.807) is 0 Å². The molecule has 0 amide bonds. The molecule has 1 N–H and O–H groups in total. The average molecular weight is 418 g/mol. The van der Waals surface area contributed by atoms with E-state index < -0.39 is 5.60 Å². The highest BCUT2D eigenvalue weighted by molar-refractivity contribution is 6.31. The zero-order chi connectivity index (χ0) is 18.8. The van der Waals surface area contributed by atoms with Gasteiger partial charge >= 0.3 is 0 Å². The van der Waals surface area contributed by atoms with Crippen LogP contribution in [0, 0.1) is 5.92 Å². The Morgan fingerprint density at radius 1 is 1.11 bits per heavy atom. The number of hydrogen-bond acceptors (Lipinski definition) is 2. The lowest BCUT2D eigenvalue weighted by atomic mass is 9.71. The van der Waals surface area contributed by atoms with Gasteiger partial charge in [-0.1, -0.05) is 55.8 Å². The smallest absolute Gasteiger partial charge is 0.0700 e. The highest BCUT2D eigenvalue weighted by Crippen LogP contribution is 2.50. The van der Waals surface area contributed by atoms with Gasteiger partial charge < -0.3 is 5.11 Å². The summed E-state index contributed by atoms with van der Waals surface area (Å²) in [6.07, 6.45) is 3.78. The molecule has 1 aliphatic carbocycles. The van der Waals surface area contributed by atoms with Crippen molar-refractivity contribution < 1.29 is 5.11 Å². The molecule has 28 heavy (non-hydrogen) atoms. The third-order valence-electron chi connectivity index (χ3n) is 7.42. The predicted molar refractivity (Wildman–Crippen MR) is 118 cm³/mol. The number of aryl methyl sites for hydroxylation is 1. The summed E-state index contributed by atoms with van der Waals surface area (Å²) < 4.78 is 0. The summed E-state index contributed by atoms with van der Waals surface area (Å²) in [4.78, 5) is 2.61. The Labute approximate surface area is 179 Å². The van der Waals surface area contributed by atoms with Crippen molar-refractivity contribution in [2.75, 3.05) is 13.1 Å². The van der Waals surface area contributed by atoms with Crippen molar-refractivity contribution in [2.24, 2.45) is 5.92 Å². The van der Waals surface area contributed by atoms with Crippen LogP contribution in [-0.4, -0.2) is 28.7 Å². The maximum atomic E-state index is 11.2. The first-order valence-electron chi connectivity index (χ1n) is 10.3. The molecule has 0 radical (unpaired) electrons. The summed E-state index contributed by atoms with van der Waals surface area (Å²) >= 11 is 6.60. The molecule has 0 aromatic heterocycles. The summed E-state index contributed by atoms with van der Waals surface area (Å²) in [6.45, 7) is 6.32. The van der Waals surface area contributed by atoms with E-state index >= 15 is 0 Å². The minimum absolute atomic E-state index is 0. The van der Waals surface area contributed by atoms with Gasteiger partial charge in [0.1, 0.15) is 0 Å². The monoisotopic (exact) mass is 417 g/mol. The second-order valence-corrected chi connectivity index (χ2v) is 9.41. The molecule has 0 saturated carbocycles. The molecule has 2 nitrogen and oxygen atoms in total. The fourth-order valence-corrected chi connectivity index (χ4v) is 5.96. The third kappa shape index (κ3) is 3.01. The molecule has 0 bridgehead atoms. The number of rotatable bonds is 1. The maximum absolute atomic E-state index is 11.2. The molecule has 5 rings (SSSR count). The first-order chi connectivity index (χ1) is 13.0. The van der Waals surface area contributed by atoms with E-state index in [4.69, 9.17) is 11.6 Å². The van der Waals surface area contributed by atoms with Gasteiger partial charge in [0.05, 0.1) is 5.60 Å². The van der Waals surface area contributed by atoms with E-state index in [-0.39, 0.29) is 12.4 Å². The van der Waals surface area contributed by atoms with Crippen LogP contribution in [0.25, 0.3) is 0 Å². The Balaban J connectivity index is 0.00000192. The molecule has 2 aromatic carbocycles. The maximum Gasteiger partial charge on any atom is 0.0700 e. The minimum atomic E-state index is -0.553. The molecular formula is C24H29Cl2NO. The summed E-state index contributed by atoms with van der Waals surface area (Å²) in [7, 11) is 0. The van der Waals surface area contributed by atoms with Gasteiger partial charge in [-0.3, -0.25) is 4.90 Å². The van der Waals surface area contributed by atoms with Crippen molar-refractivity contribution in [3.05, 3.63) is 69.2 Å². The zero-order valence-corrected chi connectivity index (χ0v) is 18.2. The van der Waals surface area contributed by atoms with Crippen LogP contribution < -0.4 is 0 Å². The summed E-state index contributed by atoms with van der Waals surface area (Å²) in [5.74, 6) is 0.688. The molecule has 0 spiro atoms. The molecule has 2 heterocycles. The fourth-order valence-electron chi connectivity index (χ4n) is 5.68. The second-order valence-electron chi connectivity index (χ2n) is 9.00. The summed E-state index contributed by atoms with van der Waals surface area (Å²) in [6, 6.07) is 13.6. The van der Waals surface area contributed by atoms with Crippen LogP contribution in [0.5, 0.6) is 0 Å². The van der Waals surface area contributed by atoms with Crippen molar-refractivity contribution in [1.82, 2.24) is 4.90 Å². The molecule has 1 fully saturated rings. The fraction of sp³-hybridized carbons (Fsp3) is 0.500. The van der Waals surface area contributed by atoms with Crippen molar-refractivity contribution in [1.29, 1.82) is 0 Å². The zero-order valence-electron chi connectivity index (χ0n) is 16.6. The van der Waals surface area contributed by atoms with E-state index in [0.717, 1.165) is 43.8 Å². The SMILES string of the molecule is CC(C)[C@@]1(O)CCN2C[C@@H]3c4cccc(Cl)c4CCc4cccc(c43)[C@H]2C1.Cl. The molecule has 150 valence electrons. The molecule has 4 heteroatoms. The number of aliphatic hydroxyl groups is 1. The normalized spacial score (nSPS) is 28.6. The first kappa shape index (κ1) is 20.2. The number of halogens is 2. The summed E-state index contributed by atoms with van der Waals surface area (Å²) in [5, 5.41) is 12.1. The molecular weight excluding hydrogens is 389 g/mol. The quantitative estimate of drug-likeness (QED) is 0.658. The molecule has 1 saturated heterocycles. The number of hydrogen-bond donors (Lipinski definition) is 1. The summed E-state index contributed by atoms with van der Waals surface area (Å²) in [5.41, 5.74) is 6.63. The average Bonchev–Trinajstić information content (AvgIpc) is 2.82. The highest BCUT2D eigenvalue weighted by atomic mass is 35.5. The van der Waals surface area contributed by atoms with Crippen molar-refractivity contribution in [3.63, 3.8) is 0 Å². The van der Waals surface area contributed by atoms with Gasteiger partial charge in [0.15, 0.2) is 0 Å². The van der Waals surface area contributed by atoms with E-state index in [9.17, 15) is 5.11 Å². The van der Waals surface area contributed by atoms with Gasteiger partial charge in [-0.05, 0) is 65.5 Å². The lowest BCUT2D eigenvalue weighted by Crippen LogP contribution is -2.51. The topological polar surface area (TPSA) is 23.5 Å². The lowest BCUT2D eigenvalue weighted by Gasteiger charge is -2.50. The van der Waals surface area contributed by atoms with Crippen LogP contribution in [0.2, 0.25) is 5.02 Å². The van der Waals surface area contributed by atoms with Crippen LogP contribution in [-0.2, 0) is 12.8 Å². The number of benzene rings is 2. The predicted octanol–water partition coefficient (Wildman–Crippen LogP) is 5.53. The highest BCUT2D eigenvalue weighted by Gasteiger charge is 2.45. The Morgan fingerprint density at radius 2 is 1.86 bits per heavy atom. The van der Waals surface area contributed by atoms with E-state index in [2.05, 4.69) is 49.1 Å². The van der Waals surface area contributed by atoms with Gasteiger partial charge in [0.25, 0.3) is 0 Å². The number of fused-ring (bicyclic) bond motifs is 4. The van der Waals surface area contributed by atoms with Gasteiger partial charge in [-0.2, -0.15) is 0 Å².